The highest BCUT2D eigenvalue weighted by Crippen LogP contribution is 2.68. The van der Waals surface area contributed by atoms with Crippen LogP contribution in [0, 0.1) is 35.5 Å². The number of ether oxygens (including phenoxy) is 3. The Balaban J connectivity index is 1.27. The highest BCUT2D eigenvalue weighted by atomic mass is 79.9. The van der Waals surface area contributed by atoms with E-state index in [0.29, 0.717) is 51.6 Å². The summed E-state index contributed by atoms with van der Waals surface area (Å²) < 4.78 is 24.3. The second kappa shape index (κ2) is 12.8. The van der Waals surface area contributed by atoms with Gasteiger partial charge in [-0.3, -0.25) is 0 Å². The molecule has 8 fully saturated rings. The van der Waals surface area contributed by atoms with E-state index in [-0.39, 0.29) is 10.8 Å². The lowest BCUT2D eigenvalue weighted by atomic mass is 9.46. The van der Waals surface area contributed by atoms with Gasteiger partial charge < -0.3 is 31.4 Å². The van der Waals surface area contributed by atoms with Crippen molar-refractivity contribution in [2.75, 3.05) is 17.2 Å². The van der Waals surface area contributed by atoms with Crippen LogP contribution in [0.5, 0.6) is 34.5 Å². The Kier molecular flexibility index (Phi) is 8.38. The molecule has 0 heterocycles. The summed E-state index contributed by atoms with van der Waals surface area (Å²) in [6, 6.07) is 20.0. The van der Waals surface area contributed by atoms with Crippen molar-refractivity contribution in [3.8, 4) is 34.5 Å². The Bertz CT molecular complexity index is 1940. The number of benzene rings is 4. The maximum atomic E-state index is 7.21. The molecule has 6 nitrogen and oxygen atoms in total. The smallest absolute Gasteiger partial charge is 0.213 e. The molecular weight excluding hydrogens is 858 g/mol. The van der Waals surface area contributed by atoms with Crippen LogP contribution in [0.2, 0.25) is 0 Å². The van der Waals surface area contributed by atoms with Gasteiger partial charge in [0.1, 0.15) is 0 Å². The van der Waals surface area contributed by atoms with Crippen LogP contribution in [-0.2, 0) is 10.8 Å². The molecule has 8 aliphatic carbocycles. The van der Waals surface area contributed by atoms with Gasteiger partial charge in [-0.15, -0.1) is 0 Å². The average Bonchev–Trinajstić information content (AvgIpc) is 3.08. The Morgan fingerprint density at radius 1 is 0.415 bits per heavy atom. The highest BCUT2D eigenvalue weighted by molar-refractivity contribution is 9.11. The maximum Gasteiger partial charge on any atom is 0.213 e. The molecule has 53 heavy (non-hydrogen) atoms. The van der Waals surface area contributed by atoms with Gasteiger partial charge in [0.05, 0.1) is 17.1 Å². The van der Waals surface area contributed by atoms with E-state index in [0.717, 1.165) is 48.9 Å². The van der Waals surface area contributed by atoms with Gasteiger partial charge in [0.25, 0.3) is 0 Å². The molecule has 9 heteroatoms. The fourth-order valence-corrected chi connectivity index (χ4v) is 13.9. The van der Waals surface area contributed by atoms with E-state index < -0.39 is 0 Å². The predicted molar refractivity (Wildman–Crippen MR) is 222 cm³/mol. The van der Waals surface area contributed by atoms with Crippen LogP contribution in [-0.4, -0.2) is 0 Å². The molecule has 0 atom stereocenters. The van der Waals surface area contributed by atoms with Crippen molar-refractivity contribution in [3.05, 3.63) is 85.2 Å². The number of hydrogen-bond acceptors (Lipinski definition) is 6. The zero-order valence-electron chi connectivity index (χ0n) is 29.8. The van der Waals surface area contributed by atoms with Crippen LogP contribution in [0.4, 0.5) is 17.1 Å². The fourth-order valence-electron chi connectivity index (χ4n) is 12.8. The Morgan fingerprint density at radius 3 is 0.981 bits per heavy atom. The van der Waals surface area contributed by atoms with E-state index in [4.69, 9.17) is 31.4 Å². The average molecular weight is 905 g/mol. The Morgan fingerprint density at radius 2 is 0.698 bits per heavy atom. The zero-order chi connectivity index (χ0) is 36.2. The van der Waals surface area contributed by atoms with Crippen LogP contribution in [0.3, 0.4) is 0 Å². The lowest BCUT2D eigenvalue weighted by Crippen LogP contribution is -2.50. The molecule has 8 saturated carbocycles. The van der Waals surface area contributed by atoms with Crippen molar-refractivity contribution in [1.29, 1.82) is 0 Å². The first-order chi connectivity index (χ1) is 25.5. The van der Waals surface area contributed by atoms with Gasteiger partial charge in [0, 0.05) is 24.5 Å². The summed E-state index contributed by atoms with van der Waals surface area (Å²) in [5.74, 6) is 8.06. The number of nitrogen functional groups attached to an aromatic ring is 3. The minimum Gasteiger partial charge on any atom is -0.451 e. The van der Waals surface area contributed by atoms with Crippen LogP contribution in [0.15, 0.2) is 74.1 Å². The lowest BCUT2D eigenvalue weighted by molar-refractivity contribution is -0.00959. The molecule has 0 aliphatic heterocycles. The van der Waals surface area contributed by atoms with Gasteiger partial charge in [-0.05, 0) is 184 Å². The highest BCUT2D eigenvalue weighted by Gasteiger charge is 2.56. The molecule has 8 bridgehead atoms. The second-order valence-corrected chi connectivity index (χ2v) is 20.5. The minimum atomic E-state index is -0.0240. The van der Waals surface area contributed by atoms with Gasteiger partial charge in [0.2, 0.25) is 5.75 Å². The predicted octanol–water partition coefficient (Wildman–Crippen LogP) is 13.0. The first-order valence-corrected chi connectivity index (χ1v) is 21.8. The molecule has 8 aliphatic rings. The summed E-state index contributed by atoms with van der Waals surface area (Å²) >= 11 is 10.8. The first kappa shape index (κ1) is 34.6. The largest absolute Gasteiger partial charge is 0.451 e. The fraction of sp³-hybridized carbons (Fsp3) is 0.455. The molecule has 0 spiro atoms. The van der Waals surface area contributed by atoms with Crippen molar-refractivity contribution in [1.82, 2.24) is 0 Å². The molecule has 6 N–H and O–H groups in total. The van der Waals surface area contributed by atoms with E-state index in [1.54, 1.807) is 0 Å². The van der Waals surface area contributed by atoms with Crippen molar-refractivity contribution >= 4 is 64.9 Å². The van der Waals surface area contributed by atoms with E-state index >= 15 is 0 Å². The second-order valence-electron chi connectivity index (χ2n) is 17.7. The van der Waals surface area contributed by atoms with E-state index in [1.807, 2.05) is 54.6 Å². The molecule has 0 amide bonds. The van der Waals surface area contributed by atoms with Gasteiger partial charge >= 0.3 is 0 Å². The monoisotopic (exact) mass is 901 g/mol. The molecule has 0 unspecified atom stereocenters. The molecule has 4 aromatic carbocycles. The van der Waals surface area contributed by atoms with Crippen molar-refractivity contribution in [2.24, 2.45) is 35.5 Å². The van der Waals surface area contributed by atoms with Gasteiger partial charge in [-0.25, -0.2) is 0 Å². The summed E-state index contributed by atoms with van der Waals surface area (Å²) in [4.78, 5) is 0. The van der Waals surface area contributed by atoms with Crippen LogP contribution < -0.4 is 31.4 Å². The zero-order valence-corrected chi connectivity index (χ0v) is 34.6. The summed E-state index contributed by atoms with van der Waals surface area (Å²) in [6.45, 7) is 0. The SMILES string of the molecule is Nc1cc(Br)ccc1Oc1c(C23CC4CC(CC(C4)C2)C3)cc(C23CC4CC(CC(C4)C2)C3)c(Oc2ccc(Br)cc2N)c1Oc1ccc(Br)cc1N. The van der Waals surface area contributed by atoms with E-state index in [1.165, 1.54) is 88.2 Å². The topological polar surface area (TPSA) is 106 Å². The minimum absolute atomic E-state index is 0.0240. The molecule has 0 aromatic heterocycles. The first-order valence-electron chi connectivity index (χ1n) is 19.4. The Labute approximate surface area is 337 Å². The molecule has 276 valence electrons. The number of anilines is 3. The summed E-state index contributed by atoms with van der Waals surface area (Å²) in [5, 5.41) is 0. The van der Waals surface area contributed by atoms with Gasteiger partial charge in [-0.1, -0.05) is 47.8 Å². The van der Waals surface area contributed by atoms with Crippen molar-refractivity contribution in [2.45, 2.75) is 87.9 Å². The van der Waals surface area contributed by atoms with Crippen molar-refractivity contribution in [3.63, 3.8) is 0 Å². The molecular formula is C44H46Br3N3O3. The van der Waals surface area contributed by atoms with Crippen LogP contribution in [0.25, 0.3) is 0 Å². The lowest BCUT2D eigenvalue weighted by Gasteiger charge is -2.59. The number of hydrogen-bond donors (Lipinski definition) is 3. The van der Waals surface area contributed by atoms with E-state index in [9.17, 15) is 0 Å². The quantitative estimate of drug-likeness (QED) is 0.152. The maximum absolute atomic E-state index is 7.21. The summed E-state index contributed by atoms with van der Waals surface area (Å²) in [6.07, 6.45) is 15.1. The van der Waals surface area contributed by atoms with Gasteiger partial charge in [-0.2, -0.15) is 0 Å². The van der Waals surface area contributed by atoms with Crippen LogP contribution >= 0.6 is 47.8 Å². The number of rotatable bonds is 8. The molecule has 4 aromatic rings. The number of nitrogens with two attached hydrogens (primary N) is 3. The summed E-state index contributed by atoms with van der Waals surface area (Å²) in [7, 11) is 0. The van der Waals surface area contributed by atoms with Gasteiger partial charge in [0.15, 0.2) is 28.7 Å². The Hall–Kier alpha value is -2.88. The third-order valence-electron chi connectivity index (χ3n) is 14.0. The molecule has 0 radical (unpaired) electrons. The summed E-state index contributed by atoms with van der Waals surface area (Å²) in [5.41, 5.74) is 24.3. The molecule has 0 saturated heterocycles. The van der Waals surface area contributed by atoms with E-state index in [2.05, 4.69) is 53.9 Å². The van der Waals surface area contributed by atoms with Crippen molar-refractivity contribution < 1.29 is 14.2 Å². The molecule has 12 rings (SSSR count). The standard InChI is InChI=1S/C44H46Br3N3O3/c45-29-1-4-37(34(48)13-29)51-40-32(43-17-23-7-24(18-43)9-25(8-23)19-43)16-33(44-20-26-10-27(21-44)12-28(11-26)22-44)41(52-38-5-2-30(46)14-35(38)49)42(40)53-39-6-3-31(47)15-36(39)50/h1-6,13-16,23-28H,7-12,17-22,48-50H2. The number of halogens is 3. The third kappa shape index (κ3) is 6.06. The van der Waals surface area contributed by atoms with Crippen LogP contribution in [0.1, 0.15) is 88.2 Å². The normalized spacial score (nSPS) is 31.9. The third-order valence-corrected chi connectivity index (χ3v) is 15.4.